The average molecular weight is 287 g/mol. The number of rotatable bonds is 3. The summed E-state index contributed by atoms with van der Waals surface area (Å²) in [6, 6.07) is 8.19. The molecule has 1 amide bonds. The molecule has 1 atom stereocenters. The van der Waals surface area contributed by atoms with Crippen LogP contribution in [0.3, 0.4) is 0 Å². The third kappa shape index (κ3) is 3.05. The molecule has 3 rings (SSSR count). The van der Waals surface area contributed by atoms with E-state index >= 15 is 0 Å². The summed E-state index contributed by atoms with van der Waals surface area (Å²) in [7, 11) is 0. The zero-order valence-corrected chi connectivity index (χ0v) is 12.8. The number of benzene rings is 1. The number of anilines is 2. The van der Waals surface area contributed by atoms with Gasteiger partial charge < -0.3 is 15.5 Å². The molecular weight excluding hydrogens is 262 g/mol. The summed E-state index contributed by atoms with van der Waals surface area (Å²) in [4.78, 5) is 15.0. The lowest BCUT2D eigenvalue weighted by molar-refractivity contribution is -0.123. The molecule has 0 bridgehead atoms. The summed E-state index contributed by atoms with van der Waals surface area (Å²) in [6.07, 6.45) is 4.70. The van der Waals surface area contributed by atoms with E-state index in [9.17, 15) is 4.79 Å². The van der Waals surface area contributed by atoms with Gasteiger partial charge in [-0.25, -0.2) is 0 Å². The van der Waals surface area contributed by atoms with Gasteiger partial charge in [0.2, 0.25) is 5.91 Å². The van der Waals surface area contributed by atoms with Crippen LogP contribution in [0, 0.1) is 5.41 Å². The molecule has 2 aliphatic rings. The first-order valence-corrected chi connectivity index (χ1v) is 8.05. The first-order valence-electron chi connectivity index (χ1n) is 8.05. The van der Waals surface area contributed by atoms with Crippen molar-refractivity contribution >= 4 is 17.3 Å². The zero-order chi connectivity index (χ0) is 14.7. The predicted molar refractivity (Wildman–Crippen MR) is 86.7 cm³/mol. The smallest absolute Gasteiger partial charge is 0.231 e. The Morgan fingerprint density at radius 3 is 2.71 bits per heavy atom. The van der Waals surface area contributed by atoms with Gasteiger partial charge in [0.25, 0.3) is 0 Å². The van der Waals surface area contributed by atoms with Gasteiger partial charge in [0.05, 0.1) is 16.8 Å². The SMILES string of the molecule is CC1(C(=O)Nc2ccccc2N2CCCCC2)CCNC1. The van der Waals surface area contributed by atoms with E-state index < -0.39 is 0 Å². The van der Waals surface area contributed by atoms with Crippen LogP contribution in [0.15, 0.2) is 24.3 Å². The van der Waals surface area contributed by atoms with Crippen molar-refractivity contribution < 1.29 is 4.79 Å². The standard InChI is InChI=1S/C17H25N3O/c1-17(9-10-18-13-17)16(21)19-14-7-3-4-8-15(14)20-11-5-2-6-12-20/h3-4,7-8,18H,2,5-6,9-13H2,1H3,(H,19,21). The predicted octanol–water partition coefficient (Wildman–Crippen LogP) is 2.62. The van der Waals surface area contributed by atoms with Crippen LogP contribution in [0.4, 0.5) is 11.4 Å². The number of piperidine rings is 1. The second-order valence-electron chi connectivity index (χ2n) is 6.51. The van der Waals surface area contributed by atoms with Crippen molar-refractivity contribution in [2.45, 2.75) is 32.6 Å². The molecule has 114 valence electrons. The Bertz CT molecular complexity index is 503. The Balaban J connectivity index is 1.77. The van der Waals surface area contributed by atoms with Crippen molar-refractivity contribution in [3.05, 3.63) is 24.3 Å². The van der Waals surface area contributed by atoms with Crippen LogP contribution in [-0.2, 0) is 4.79 Å². The fourth-order valence-corrected chi connectivity index (χ4v) is 3.27. The Labute approximate surface area is 126 Å². The minimum Gasteiger partial charge on any atom is -0.370 e. The fraction of sp³-hybridized carbons (Fsp3) is 0.588. The van der Waals surface area contributed by atoms with Crippen LogP contribution in [0.25, 0.3) is 0 Å². The van der Waals surface area contributed by atoms with Gasteiger partial charge in [0.15, 0.2) is 0 Å². The molecular formula is C17H25N3O. The summed E-state index contributed by atoms with van der Waals surface area (Å²) in [5, 5.41) is 6.46. The lowest BCUT2D eigenvalue weighted by Gasteiger charge is -2.31. The van der Waals surface area contributed by atoms with Crippen LogP contribution >= 0.6 is 0 Å². The van der Waals surface area contributed by atoms with Gasteiger partial charge in [0.1, 0.15) is 0 Å². The molecule has 4 heteroatoms. The van der Waals surface area contributed by atoms with Crippen LogP contribution in [0.1, 0.15) is 32.6 Å². The molecule has 2 aliphatic heterocycles. The minimum atomic E-state index is -0.283. The molecule has 1 aromatic carbocycles. The second kappa shape index (κ2) is 6.06. The number of carbonyl (C=O) groups excluding carboxylic acids is 1. The largest absolute Gasteiger partial charge is 0.370 e. The average Bonchev–Trinajstić information content (AvgIpc) is 2.97. The number of carbonyl (C=O) groups is 1. The van der Waals surface area contributed by atoms with E-state index in [1.165, 1.54) is 24.9 Å². The maximum atomic E-state index is 12.6. The van der Waals surface area contributed by atoms with Gasteiger partial charge in [-0.05, 0) is 51.3 Å². The van der Waals surface area contributed by atoms with Crippen LogP contribution in [0.2, 0.25) is 0 Å². The molecule has 4 nitrogen and oxygen atoms in total. The Kier molecular flexibility index (Phi) is 4.15. The summed E-state index contributed by atoms with van der Waals surface area (Å²) in [6.45, 7) is 5.92. The monoisotopic (exact) mass is 287 g/mol. The molecule has 0 aliphatic carbocycles. The van der Waals surface area contributed by atoms with Crippen molar-refractivity contribution in [2.75, 3.05) is 36.4 Å². The Morgan fingerprint density at radius 2 is 2.00 bits per heavy atom. The molecule has 1 aromatic rings. The van der Waals surface area contributed by atoms with E-state index in [-0.39, 0.29) is 11.3 Å². The molecule has 21 heavy (non-hydrogen) atoms. The first-order chi connectivity index (χ1) is 10.2. The van der Waals surface area contributed by atoms with Crippen LogP contribution in [0.5, 0.6) is 0 Å². The third-order valence-corrected chi connectivity index (χ3v) is 4.77. The first kappa shape index (κ1) is 14.4. The number of nitrogens with zero attached hydrogens (tertiary/aromatic N) is 1. The number of hydrogen-bond donors (Lipinski definition) is 2. The summed E-state index contributed by atoms with van der Waals surface area (Å²) < 4.78 is 0. The van der Waals surface area contributed by atoms with Gasteiger partial charge in [-0.3, -0.25) is 4.79 Å². The summed E-state index contributed by atoms with van der Waals surface area (Å²) in [5.74, 6) is 0.136. The molecule has 2 fully saturated rings. The van der Waals surface area contributed by atoms with E-state index in [0.29, 0.717) is 0 Å². The molecule has 0 saturated carbocycles. The zero-order valence-electron chi connectivity index (χ0n) is 12.8. The van der Waals surface area contributed by atoms with Gasteiger partial charge in [-0.1, -0.05) is 12.1 Å². The highest BCUT2D eigenvalue weighted by molar-refractivity contribution is 5.98. The Hall–Kier alpha value is -1.55. The summed E-state index contributed by atoms with van der Waals surface area (Å²) >= 11 is 0. The maximum Gasteiger partial charge on any atom is 0.231 e. The highest BCUT2D eigenvalue weighted by Crippen LogP contribution is 2.31. The lowest BCUT2D eigenvalue weighted by atomic mass is 9.88. The number of hydrogen-bond acceptors (Lipinski definition) is 3. The van der Waals surface area contributed by atoms with E-state index in [1.807, 2.05) is 19.1 Å². The quantitative estimate of drug-likeness (QED) is 0.898. The van der Waals surface area contributed by atoms with Gasteiger partial charge in [0, 0.05) is 19.6 Å². The van der Waals surface area contributed by atoms with E-state index in [2.05, 4.69) is 27.7 Å². The second-order valence-corrected chi connectivity index (χ2v) is 6.51. The molecule has 0 aromatic heterocycles. The number of para-hydroxylation sites is 2. The number of nitrogens with one attached hydrogen (secondary N) is 2. The van der Waals surface area contributed by atoms with Crippen molar-refractivity contribution in [3.63, 3.8) is 0 Å². The summed E-state index contributed by atoms with van der Waals surface area (Å²) in [5.41, 5.74) is 1.84. The van der Waals surface area contributed by atoms with Gasteiger partial charge in [-0.2, -0.15) is 0 Å². The normalized spacial score (nSPS) is 25.9. The van der Waals surface area contributed by atoms with Crippen LogP contribution < -0.4 is 15.5 Å². The van der Waals surface area contributed by atoms with Crippen molar-refractivity contribution in [1.82, 2.24) is 5.32 Å². The molecule has 0 spiro atoms. The molecule has 0 radical (unpaired) electrons. The molecule has 1 unspecified atom stereocenters. The van der Waals surface area contributed by atoms with Gasteiger partial charge >= 0.3 is 0 Å². The lowest BCUT2D eigenvalue weighted by Crippen LogP contribution is -2.36. The third-order valence-electron chi connectivity index (χ3n) is 4.77. The fourth-order valence-electron chi connectivity index (χ4n) is 3.27. The van der Waals surface area contributed by atoms with Crippen molar-refractivity contribution in [1.29, 1.82) is 0 Å². The molecule has 2 N–H and O–H groups in total. The van der Waals surface area contributed by atoms with Gasteiger partial charge in [-0.15, -0.1) is 0 Å². The molecule has 2 heterocycles. The maximum absolute atomic E-state index is 12.6. The van der Waals surface area contributed by atoms with Crippen molar-refractivity contribution in [2.24, 2.45) is 5.41 Å². The van der Waals surface area contributed by atoms with Crippen LogP contribution in [-0.4, -0.2) is 32.1 Å². The topological polar surface area (TPSA) is 44.4 Å². The number of amides is 1. The van der Waals surface area contributed by atoms with E-state index in [0.717, 1.165) is 38.3 Å². The van der Waals surface area contributed by atoms with E-state index in [1.54, 1.807) is 0 Å². The highest BCUT2D eigenvalue weighted by atomic mass is 16.2. The Morgan fingerprint density at radius 1 is 1.24 bits per heavy atom. The molecule has 2 saturated heterocycles. The highest BCUT2D eigenvalue weighted by Gasteiger charge is 2.36. The van der Waals surface area contributed by atoms with Crippen molar-refractivity contribution in [3.8, 4) is 0 Å². The minimum absolute atomic E-state index is 0.136. The van der Waals surface area contributed by atoms with E-state index in [4.69, 9.17) is 0 Å².